The minimum absolute atomic E-state index is 0.432. The van der Waals surface area contributed by atoms with Crippen LogP contribution in [0.1, 0.15) is 24.0 Å². The van der Waals surface area contributed by atoms with Crippen LogP contribution in [0, 0.1) is 0 Å². The van der Waals surface area contributed by atoms with Crippen LogP contribution in [0.25, 0.3) is 0 Å². The van der Waals surface area contributed by atoms with Crippen molar-refractivity contribution >= 4 is 0 Å². The van der Waals surface area contributed by atoms with Gasteiger partial charge in [-0.05, 0) is 18.4 Å². The number of rotatable bonds is 3. The number of nitrogens with two attached hydrogens (primary N) is 1. The summed E-state index contributed by atoms with van der Waals surface area (Å²) in [6, 6.07) is 4.85. The summed E-state index contributed by atoms with van der Waals surface area (Å²) in [5, 5.41) is 0. The van der Waals surface area contributed by atoms with Crippen molar-refractivity contribution in [3.63, 3.8) is 0 Å². The van der Waals surface area contributed by atoms with Crippen LogP contribution in [0.3, 0.4) is 0 Å². The lowest BCUT2D eigenvalue weighted by Crippen LogP contribution is -2.24. The number of halogens is 4. The van der Waals surface area contributed by atoms with Crippen LogP contribution < -0.4 is 5.73 Å². The van der Waals surface area contributed by atoms with E-state index in [1.54, 1.807) is 0 Å². The Hall–Kier alpha value is -1.10. The van der Waals surface area contributed by atoms with Gasteiger partial charge in [-0.3, -0.25) is 0 Å². The zero-order chi connectivity index (χ0) is 12.0. The quantitative estimate of drug-likeness (QED) is 0.798. The molecule has 5 heteroatoms. The van der Waals surface area contributed by atoms with E-state index in [1.807, 2.05) is 0 Å². The van der Waals surface area contributed by atoms with Gasteiger partial charge in [0.1, 0.15) is 0 Å². The molecular formula is C11H11F4N. The molecule has 0 heterocycles. The van der Waals surface area contributed by atoms with Crippen molar-refractivity contribution in [3.8, 4) is 0 Å². The maximum atomic E-state index is 12.9. The first-order chi connectivity index (χ1) is 7.36. The van der Waals surface area contributed by atoms with E-state index < -0.39 is 23.5 Å². The molecule has 1 nitrogen and oxygen atoms in total. The van der Waals surface area contributed by atoms with Crippen molar-refractivity contribution < 1.29 is 17.6 Å². The van der Waals surface area contributed by atoms with Crippen LogP contribution in [0.4, 0.5) is 17.6 Å². The van der Waals surface area contributed by atoms with Gasteiger partial charge >= 0.3 is 12.3 Å². The number of hydrogen-bond acceptors (Lipinski definition) is 1. The minimum Gasteiger partial charge on any atom is -0.321 e. The Morgan fingerprint density at radius 1 is 1.12 bits per heavy atom. The van der Waals surface area contributed by atoms with Gasteiger partial charge < -0.3 is 5.73 Å². The van der Waals surface area contributed by atoms with Crippen LogP contribution in [0.5, 0.6) is 0 Å². The Kier molecular flexibility index (Phi) is 2.45. The van der Waals surface area contributed by atoms with E-state index in [9.17, 15) is 17.6 Å². The summed E-state index contributed by atoms with van der Waals surface area (Å²) in [6.45, 7) is 0. The first-order valence-corrected chi connectivity index (χ1v) is 4.92. The molecule has 0 radical (unpaired) electrons. The van der Waals surface area contributed by atoms with E-state index in [0.717, 1.165) is 30.5 Å². The van der Waals surface area contributed by atoms with Gasteiger partial charge in [0, 0.05) is 11.1 Å². The molecule has 0 atom stereocenters. The summed E-state index contributed by atoms with van der Waals surface area (Å²) >= 11 is 0. The maximum absolute atomic E-state index is 12.9. The van der Waals surface area contributed by atoms with Gasteiger partial charge in [-0.25, -0.2) is 8.78 Å². The summed E-state index contributed by atoms with van der Waals surface area (Å²) in [7, 11) is 0. The monoisotopic (exact) mass is 233 g/mol. The highest BCUT2D eigenvalue weighted by Crippen LogP contribution is 2.43. The zero-order valence-electron chi connectivity index (χ0n) is 8.39. The van der Waals surface area contributed by atoms with E-state index in [-0.39, 0.29) is 0 Å². The summed E-state index contributed by atoms with van der Waals surface area (Å²) in [5.74, 6) is -4.09. The predicted molar refractivity (Wildman–Crippen MR) is 51.4 cm³/mol. The number of hydrogen-bond donors (Lipinski definition) is 1. The normalized spacial score (nSPS) is 18.9. The zero-order valence-corrected chi connectivity index (χ0v) is 8.39. The second-order valence-electron chi connectivity index (χ2n) is 4.16. The Morgan fingerprint density at radius 3 is 2.00 bits per heavy atom. The van der Waals surface area contributed by atoms with Gasteiger partial charge in [-0.15, -0.1) is 0 Å². The van der Waals surface area contributed by atoms with Gasteiger partial charge in [0.15, 0.2) is 0 Å². The molecule has 1 aromatic carbocycles. The molecule has 2 N–H and O–H groups in total. The molecule has 0 spiro atoms. The lowest BCUT2D eigenvalue weighted by molar-refractivity contribution is -0.135. The summed E-state index contributed by atoms with van der Waals surface area (Å²) in [5.41, 5.74) is 5.47. The molecule has 1 fully saturated rings. The fourth-order valence-corrected chi connectivity index (χ4v) is 1.57. The summed E-state index contributed by atoms with van der Waals surface area (Å²) in [4.78, 5) is 0. The molecule has 1 aliphatic rings. The highest BCUT2D eigenvalue weighted by molar-refractivity contribution is 5.33. The topological polar surface area (TPSA) is 26.0 Å². The summed E-state index contributed by atoms with van der Waals surface area (Å²) < 4.78 is 50.0. The molecular weight excluding hydrogens is 222 g/mol. The molecule has 0 amide bonds. The Labute approximate surface area is 90.3 Å². The number of benzene rings is 1. The SMILES string of the molecule is NC1(c2ccc(C(F)(F)C(F)F)cc2)CC1. The van der Waals surface area contributed by atoms with Crippen LogP contribution in [-0.2, 0) is 11.5 Å². The second-order valence-corrected chi connectivity index (χ2v) is 4.16. The van der Waals surface area contributed by atoms with Gasteiger partial charge in [0.05, 0.1) is 0 Å². The number of alkyl halides is 4. The van der Waals surface area contributed by atoms with E-state index in [0.29, 0.717) is 0 Å². The van der Waals surface area contributed by atoms with Crippen molar-refractivity contribution in [1.82, 2.24) is 0 Å². The van der Waals surface area contributed by atoms with Crippen LogP contribution in [0.2, 0.25) is 0 Å². The Bertz CT molecular complexity index is 381. The van der Waals surface area contributed by atoms with Gasteiger partial charge in [-0.1, -0.05) is 24.3 Å². The lowest BCUT2D eigenvalue weighted by atomic mass is 10.0. The fourth-order valence-electron chi connectivity index (χ4n) is 1.57. The largest absolute Gasteiger partial charge is 0.332 e. The molecule has 0 bridgehead atoms. The van der Waals surface area contributed by atoms with Gasteiger partial charge in [0.2, 0.25) is 0 Å². The maximum Gasteiger partial charge on any atom is 0.332 e. The third-order valence-corrected chi connectivity index (χ3v) is 2.91. The third-order valence-electron chi connectivity index (χ3n) is 2.91. The molecule has 0 saturated heterocycles. The first kappa shape index (κ1) is 11.4. The highest BCUT2D eigenvalue weighted by atomic mass is 19.3. The van der Waals surface area contributed by atoms with Crippen LogP contribution >= 0.6 is 0 Å². The molecule has 0 aliphatic heterocycles. The van der Waals surface area contributed by atoms with Gasteiger partial charge in [-0.2, -0.15) is 8.78 Å². The standard InChI is InChI=1S/C11H11F4N/c12-9(13)11(14,15)8-3-1-7(2-4-8)10(16)5-6-10/h1-4,9H,5-6,16H2. The van der Waals surface area contributed by atoms with Crippen LogP contribution in [-0.4, -0.2) is 6.43 Å². The molecule has 1 saturated carbocycles. The van der Waals surface area contributed by atoms with E-state index in [1.165, 1.54) is 12.1 Å². The average molecular weight is 233 g/mol. The Morgan fingerprint density at radius 2 is 1.62 bits per heavy atom. The van der Waals surface area contributed by atoms with E-state index in [4.69, 9.17) is 5.73 Å². The van der Waals surface area contributed by atoms with Crippen molar-refractivity contribution in [3.05, 3.63) is 35.4 Å². The average Bonchev–Trinajstić information content (AvgIpc) is 2.98. The minimum atomic E-state index is -4.09. The molecule has 2 rings (SSSR count). The lowest BCUT2D eigenvalue weighted by Gasteiger charge is -2.17. The highest BCUT2D eigenvalue weighted by Gasteiger charge is 2.44. The molecule has 16 heavy (non-hydrogen) atoms. The second kappa shape index (κ2) is 3.45. The van der Waals surface area contributed by atoms with E-state index in [2.05, 4.69) is 0 Å². The molecule has 0 unspecified atom stereocenters. The molecule has 88 valence electrons. The van der Waals surface area contributed by atoms with Crippen molar-refractivity contribution in [2.75, 3.05) is 0 Å². The van der Waals surface area contributed by atoms with Crippen molar-refractivity contribution in [2.24, 2.45) is 5.73 Å². The van der Waals surface area contributed by atoms with Crippen molar-refractivity contribution in [1.29, 1.82) is 0 Å². The third kappa shape index (κ3) is 1.80. The Balaban J connectivity index is 2.26. The van der Waals surface area contributed by atoms with Crippen molar-refractivity contribution in [2.45, 2.75) is 30.7 Å². The molecule has 0 aromatic heterocycles. The fraction of sp³-hybridized carbons (Fsp3) is 0.455. The summed E-state index contributed by atoms with van der Waals surface area (Å²) in [6.07, 6.45) is -2.08. The predicted octanol–water partition coefficient (Wildman–Crippen LogP) is 2.99. The van der Waals surface area contributed by atoms with E-state index >= 15 is 0 Å². The van der Waals surface area contributed by atoms with Gasteiger partial charge in [0.25, 0.3) is 0 Å². The molecule has 1 aliphatic carbocycles. The smallest absolute Gasteiger partial charge is 0.321 e. The van der Waals surface area contributed by atoms with Crippen LogP contribution in [0.15, 0.2) is 24.3 Å². The first-order valence-electron chi connectivity index (χ1n) is 4.92. The molecule has 1 aromatic rings.